The summed E-state index contributed by atoms with van der Waals surface area (Å²) >= 11 is 0. The van der Waals surface area contributed by atoms with E-state index in [1.54, 1.807) is 6.07 Å². The minimum absolute atomic E-state index is 0.133. The minimum Gasteiger partial charge on any atom is -0.356 e. The average molecular weight is 303 g/mol. The van der Waals surface area contributed by atoms with Gasteiger partial charge in [0.05, 0.1) is 11.0 Å². The van der Waals surface area contributed by atoms with Gasteiger partial charge in [-0.15, -0.1) is 0 Å². The Morgan fingerprint density at radius 1 is 1.32 bits per heavy atom. The lowest BCUT2D eigenvalue weighted by molar-refractivity contribution is -0.122. The van der Waals surface area contributed by atoms with Gasteiger partial charge in [0.25, 0.3) is 0 Å². The third kappa shape index (κ3) is 3.84. The number of benzene rings is 1. The van der Waals surface area contributed by atoms with Crippen LogP contribution in [0.2, 0.25) is 0 Å². The number of amides is 1. The van der Waals surface area contributed by atoms with Gasteiger partial charge in [0.1, 0.15) is 11.6 Å². The van der Waals surface area contributed by atoms with Crippen LogP contribution < -0.4 is 5.32 Å². The lowest BCUT2D eigenvalue weighted by Crippen LogP contribution is -2.28. The Labute approximate surface area is 129 Å². The molecule has 4 nitrogen and oxygen atoms in total. The number of nitrogens with zero attached hydrogens (tertiary/aromatic N) is 1. The molecule has 1 fully saturated rings. The number of aromatic nitrogens is 2. The molecule has 1 aliphatic rings. The molecule has 0 unspecified atom stereocenters. The summed E-state index contributed by atoms with van der Waals surface area (Å²) in [6, 6.07) is 4.50. The Hall–Kier alpha value is -1.91. The third-order valence-corrected chi connectivity index (χ3v) is 4.38. The van der Waals surface area contributed by atoms with E-state index in [0.717, 1.165) is 11.3 Å². The summed E-state index contributed by atoms with van der Waals surface area (Å²) in [4.78, 5) is 19.4. The summed E-state index contributed by atoms with van der Waals surface area (Å²) in [5.41, 5.74) is 1.45. The van der Waals surface area contributed by atoms with Gasteiger partial charge in [0.2, 0.25) is 5.91 Å². The fourth-order valence-electron chi connectivity index (χ4n) is 3.20. The van der Waals surface area contributed by atoms with Gasteiger partial charge in [0.15, 0.2) is 0 Å². The molecule has 118 valence electrons. The number of rotatable bonds is 5. The van der Waals surface area contributed by atoms with Gasteiger partial charge >= 0.3 is 0 Å². The summed E-state index contributed by atoms with van der Waals surface area (Å²) < 4.78 is 13.1. The van der Waals surface area contributed by atoms with Gasteiger partial charge in [-0.25, -0.2) is 9.37 Å². The SMILES string of the molecule is O=C(CC1CCCCC1)NCCc1nc2ccc(F)cc2[nH]1. The molecular formula is C17H22FN3O. The van der Waals surface area contributed by atoms with Gasteiger partial charge < -0.3 is 10.3 Å². The fraction of sp³-hybridized carbons (Fsp3) is 0.529. The van der Waals surface area contributed by atoms with E-state index >= 15 is 0 Å². The maximum Gasteiger partial charge on any atom is 0.220 e. The van der Waals surface area contributed by atoms with Gasteiger partial charge in [-0.1, -0.05) is 19.3 Å². The highest BCUT2D eigenvalue weighted by Gasteiger charge is 2.16. The van der Waals surface area contributed by atoms with Crippen molar-refractivity contribution in [3.05, 3.63) is 29.8 Å². The summed E-state index contributed by atoms with van der Waals surface area (Å²) in [6.45, 7) is 0.563. The van der Waals surface area contributed by atoms with Crippen molar-refractivity contribution in [3.8, 4) is 0 Å². The maximum absolute atomic E-state index is 13.1. The highest BCUT2D eigenvalue weighted by atomic mass is 19.1. The van der Waals surface area contributed by atoms with Crippen LogP contribution >= 0.6 is 0 Å². The quantitative estimate of drug-likeness (QED) is 0.890. The van der Waals surface area contributed by atoms with E-state index < -0.39 is 0 Å². The van der Waals surface area contributed by atoms with Crippen molar-refractivity contribution in [2.75, 3.05) is 6.54 Å². The van der Waals surface area contributed by atoms with E-state index in [1.807, 2.05) is 0 Å². The standard InChI is InChI=1S/C17H22FN3O/c18-13-6-7-14-15(11-13)21-16(20-14)8-9-19-17(22)10-12-4-2-1-3-5-12/h6-7,11-12H,1-5,8-10H2,(H,19,22)(H,20,21). The second kappa shape index (κ2) is 6.90. The molecule has 0 saturated heterocycles. The summed E-state index contributed by atoms with van der Waals surface area (Å²) in [6.07, 6.45) is 7.47. The van der Waals surface area contributed by atoms with E-state index in [0.29, 0.717) is 30.8 Å². The molecule has 1 aromatic heterocycles. The normalized spacial score (nSPS) is 16.0. The smallest absolute Gasteiger partial charge is 0.220 e. The Morgan fingerprint density at radius 2 is 2.14 bits per heavy atom. The number of aromatic amines is 1. The summed E-state index contributed by atoms with van der Waals surface area (Å²) in [7, 11) is 0. The molecule has 2 aromatic rings. The van der Waals surface area contributed by atoms with E-state index in [4.69, 9.17) is 0 Å². The van der Waals surface area contributed by atoms with Crippen LogP contribution in [0.1, 0.15) is 44.3 Å². The summed E-state index contributed by atoms with van der Waals surface area (Å²) in [5.74, 6) is 1.19. The second-order valence-electron chi connectivity index (χ2n) is 6.15. The lowest BCUT2D eigenvalue weighted by Gasteiger charge is -2.20. The first-order chi connectivity index (χ1) is 10.7. The van der Waals surface area contributed by atoms with Crippen molar-refractivity contribution in [1.29, 1.82) is 0 Å². The molecule has 1 aliphatic carbocycles. The molecule has 3 rings (SSSR count). The first kappa shape index (κ1) is 15.0. The largest absolute Gasteiger partial charge is 0.356 e. The molecule has 2 N–H and O–H groups in total. The number of nitrogens with one attached hydrogen (secondary N) is 2. The highest BCUT2D eigenvalue weighted by molar-refractivity contribution is 5.76. The topological polar surface area (TPSA) is 57.8 Å². The zero-order valence-electron chi connectivity index (χ0n) is 12.7. The molecule has 0 atom stereocenters. The van der Waals surface area contributed by atoms with E-state index in [-0.39, 0.29) is 11.7 Å². The van der Waals surface area contributed by atoms with Crippen LogP contribution in [0.5, 0.6) is 0 Å². The van der Waals surface area contributed by atoms with Crippen molar-refractivity contribution in [3.63, 3.8) is 0 Å². The number of halogens is 1. The fourth-order valence-corrected chi connectivity index (χ4v) is 3.20. The zero-order valence-corrected chi connectivity index (χ0v) is 12.7. The van der Waals surface area contributed by atoms with Crippen LogP contribution in [0.25, 0.3) is 11.0 Å². The van der Waals surface area contributed by atoms with Gasteiger partial charge in [0, 0.05) is 19.4 Å². The van der Waals surface area contributed by atoms with Crippen molar-refractivity contribution in [2.24, 2.45) is 5.92 Å². The van der Waals surface area contributed by atoms with Crippen LogP contribution in [0.3, 0.4) is 0 Å². The molecular weight excluding hydrogens is 281 g/mol. The zero-order chi connectivity index (χ0) is 15.4. The molecule has 22 heavy (non-hydrogen) atoms. The first-order valence-corrected chi connectivity index (χ1v) is 8.11. The Kier molecular flexibility index (Phi) is 4.71. The van der Waals surface area contributed by atoms with Gasteiger partial charge in [-0.3, -0.25) is 4.79 Å². The number of hydrogen-bond donors (Lipinski definition) is 2. The lowest BCUT2D eigenvalue weighted by atomic mass is 9.87. The molecule has 0 bridgehead atoms. The molecule has 1 heterocycles. The predicted molar refractivity (Wildman–Crippen MR) is 84.0 cm³/mol. The van der Waals surface area contributed by atoms with E-state index in [1.165, 1.54) is 44.2 Å². The number of fused-ring (bicyclic) bond motifs is 1. The van der Waals surface area contributed by atoms with Crippen molar-refractivity contribution >= 4 is 16.9 Å². The average Bonchev–Trinajstić information content (AvgIpc) is 2.90. The van der Waals surface area contributed by atoms with E-state index in [2.05, 4.69) is 15.3 Å². The molecule has 0 spiro atoms. The Bertz CT molecular complexity index is 646. The molecule has 0 aliphatic heterocycles. The van der Waals surface area contributed by atoms with E-state index in [9.17, 15) is 9.18 Å². The third-order valence-electron chi connectivity index (χ3n) is 4.38. The van der Waals surface area contributed by atoms with Crippen molar-refractivity contribution < 1.29 is 9.18 Å². The van der Waals surface area contributed by atoms with Gasteiger partial charge in [-0.2, -0.15) is 0 Å². The molecule has 1 aromatic carbocycles. The highest BCUT2D eigenvalue weighted by Crippen LogP contribution is 2.26. The number of carbonyl (C=O) groups is 1. The number of H-pyrrole nitrogens is 1. The van der Waals surface area contributed by atoms with Crippen LogP contribution in [0.4, 0.5) is 4.39 Å². The number of hydrogen-bond acceptors (Lipinski definition) is 2. The number of carbonyl (C=O) groups excluding carboxylic acids is 1. The Morgan fingerprint density at radius 3 is 2.95 bits per heavy atom. The summed E-state index contributed by atoms with van der Waals surface area (Å²) in [5, 5.41) is 2.96. The van der Waals surface area contributed by atoms with Crippen molar-refractivity contribution in [1.82, 2.24) is 15.3 Å². The van der Waals surface area contributed by atoms with Gasteiger partial charge in [-0.05, 0) is 37.0 Å². The van der Waals surface area contributed by atoms with Crippen molar-refractivity contribution in [2.45, 2.75) is 44.9 Å². The molecule has 0 radical (unpaired) electrons. The van der Waals surface area contributed by atoms with Crippen LogP contribution in [-0.4, -0.2) is 22.4 Å². The van der Waals surface area contributed by atoms with Crippen LogP contribution in [0, 0.1) is 11.7 Å². The van der Waals surface area contributed by atoms with Crippen LogP contribution in [0.15, 0.2) is 18.2 Å². The second-order valence-corrected chi connectivity index (χ2v) is 6.15. The molecule has 5 heteroatoms. The maximum atomic E-state index is 13.1. The first-order valence-electron chi connectivity index (χ1n) is 8.11. The number of imidazole rings is 1. The predicted octanol–water partition coefficient (Wildman–Crippen LogP) is 3.33. The molecule has 1 saturated carbocycles. The minimum atomic E-state index is -0.275. The monoisotopic (exact) mass is 303 g/mol. The van der Waals surface area contributed by atoms with Crippen LogP contribution in [-0.2, 0) is 11.2 Å². The molecule has 1 amide bonds. The Balaban J connectivity index is 1.46.